The maximum atomic E-state index is 11.8. The van der Waals surface area contributed by atoms with E-state index in [1.165, 1.54) is 0 Å². The van der Waals surface area contributed by atoms with Gasteiger partial charge >= 0.3 is 6.03 Å². The first kappa shape index (κ1) is 17.2. The fraction of sp³-hybridized carbons (Fsp3) is 0.500. The molecule has 0 radical (unpaired) electrons. The van der Waals surface area contributed by atoms with Crippen LogP contribution < -0.4 is 16.0 Å². The molecule has 1 aromatic rings. The van der Waals surface area contributed by atoms with Crippen molar-refractivity contribution in [2.45, 2.75) is 46.6 Å². The van der Waals surface area contributed by atoms with Gasteiger partial charge in [-0.25, -0.2) is 4.79 Å². The molecule has 5 heteroatoms. The standard InChI is InChI=1S/C16H25N3O2/c1-6-16(4,5)17-10-14(20)19-15(21)18-13-8-7-11(2)9-12(13)3/h7-9,17H,6,10H2,1-5H3,(H2,18,19,20,21). The summed E-state index contributed by atoms with van der Waals surface area (Å²) in [5, 5.41) is 8.10. The van der Waals surface area contributed by atoms with Crippen LogP contribution in [0.5, 0.6) is 0 Å². The first-order valence-corrected chi connectivity index (χ1v) is 7.16. The van der Waals surface area contributed by atoms with Crippen LogP contribution in [0.15, 0.2) is 18.2 Å². The summed E-state index contributed by atoms with van der Waals surface area (Å²) < 4.78 is 0. The van der Waals surface area contributed by atoms with E-state index < -0.39 is 6.03 Å². The van der Waals surface area contributed by atoms with Crippen LogP contribution in [0, 0.1) is 13.8 Å². The molecule has 116 valence electrons. The molecule has 0 atom stereocenters. The van der Waals surface area contributed by atoms with Gasteiger partial charge in [0.2, 0.25) is 5.91 Å². The predicted octanol–water partition coefficient (Wildman–Crippen LogP) is 2.73. The molecule has 0 aliphatic carbocycles. The summed E-state index contributed by atoms with van der Waals surface area (Å²) in [7, 11) is 0. The third-order valence-electron chi connectivity index (χ3n) is 3.49. The highest BCUT2D eigenvalue weighted by atomic mass is 16.2. The molecule has 3 N–H and O–H groups in total. The van der Waals surface area contributed by atoms with E-state index in [4.69, 9.17) is 0 Å². The summed E-state index contributed by atoms with van der Waals surface area (Å²) in [5.41, 5.74) is 2.66. The highest BCUT2D eigenvalue weighted by Crippen LogP contribution is 2.15. The van der Waals surface area contributed by atoms with Crippen molar-refractivity contribution in [3.63, 3.8) is 0 Å². The van der Waals surface area contributed by atoms with Gasteiger partial charge in [-0.05, 0) is 45.7 Å². The van der Waals surface area contributed by atoms with Gasteiger partial charge in [-0.3, -0.25) is 10.1 Å². The van der Waals surface area contributed by atoms with Crippen LogP contribution in [0.25, 0.3) is 0 Å². The van der Waals surface area contributed by atoms with Crippen LogP contribution in [-0.2, 0) is 4.79 Å². The van der Waals surface area contributed by atoms with Crippen molar-refractivity contribution in [1.29, 1.82) is 0 Å². The number of urea groups is 1. The van der Waals surface area contributed by atoms with Crippen molar-refractivity contribution in [2.75, 3.05) is 11.9 Å². The lowest BCUT2D eigenvalue weighted by atomic mass is 10.0. The maximum Gasteiger partial charge on any atom is 0.325 e. The Bertz CT molecular complexity index is 524. The fourth-order valence-electron chi connectivity index (χ4n) is 1.72. The van der Waals surface area contributed by atoms with E-state index in [1.807, 2.05) is 52.8 Å². The van der Waals surface area contributed by atoms with Gasteiger partial charge in [0.1, 0.15) is 0 Å². The lowest BCUT2D eigenvalue weighted by Crippen LogP contribution is -2.46. The molecule has 0 aliphatic rings. The largest absolute Gasteiger partial charge is 0.325 e. The topological polar surface area (TPSA) is 70.2 Å². The Labute approximate surface area is 126 Å². The lowest BCUT2D eigenvalue weighted by molar-refractivity contribution is -0.119. The quantitative estimate of drug-likeness (QED) is 0.781. The first-order valence-electron chi connectivity index (χ1n) is 7.16. The van der Waals surface area contributed by atoms with Crippen LogP contribution in [-0.4, -0.2) is 24.0 Å². The second kappa shape index (κ2) is 7.22. The van der Waals surface area contributed by atoms with Gasteiger partial charge in [0.25, 0.3) is 0 Å². The van der Waals surface area contributed by atoms with Crippen LogP contribution in [0.1, 0.15) is 38.3 Å². The monoisotopic (exact) mass is 291 g/mol. The van der Waals surface area contributed by atoms with Gasteiger partial charge in [-0.15, -0.1) is 0 Å². The zero-order valence-electron chi connectivity index (χ0n) is 13.5. The van der Waals surface area contributed by atoms with Gasteiger partial charge in [-0.1, -0.05) is 24.6 Å². The second-order valence-corrected chi connectivity index (χ2v) is 5.91. The van der Waals surface area contributed by atoms with Crippen molar-refractivity contribution >= 4 is 17.6 Å². The van der Waals surface area contributed by atoms with E-state index in [9.17, 15) is 9.59 Å². The average Bonchev–Trinajstić information content (AvgIpc) is 2.40. The van der Waals surface area contributed by atoms with Crippen molar-refractivity contribution < 1.29 is 9.59 Å². The number of hydrogen-bond acceptors (Lipinski definition) is 3. The molecule has 0 saturated carbocycles. The maximum absolute atomic E-state index is 11.8. The molecule has 1 rings (SSSR count). The number of carbonyl (C=O) groups is 2. The molecular weight excluding hydrogens is 266 g/mol. The number of carbonyl (C=O) groups excluding carboxylic acids is 2. The highest BCUT2D eigenvalue weighted by Gasteiger charge is 2.16. The van der Waals surface area contributed by atoms with Crippen molar-refractivity contribution in [3.8, 4) is 0 Å². The van der Waals surface area contributed by atoms with Crippen molar-refractivity contribution in [1.82, 2.24) is 10.6 Å². The van der Waals surface area contributed by atoms with Crippen LogP contribution >= 0.6 is 0 Å². The molecule has 0 aromatic heterocycles. The number of aryl methyl sites for hydroxylation is 2. The Hall–Kier alpha value is -1.88. The van der Waals surface area contributed by atoms with Gasteiger partial charge in [0, 0.05) is 11.2 Å². The smallest absolute Gasteiger partial charge is 0.307 e. The van der Waals surface area contributed by atoms with Gasteiger partial charge in [0.15, 0.2) is 0 Å². The number of nitrogens with one attached hydrogen (secondary N) is 3. The Morgan fingerprint density at radius 3 is 2.43 bits per heavy atom. The molecule has 5 nitrogen and oxygen atoms in total. The summed E-state index contributed by atoms with van der Waals surface area (Å²) in [6.45, 7) is 10.1. The number of rotatable bonds is 5. The number of amides is 3. The first-order chi connectivity index (χ1) is 9.73. The lowest BCUT2D eigenvalue weighted by Gasteiger charge is -2.24. The summed E-state index contributed by atoms with van der Waals surface area (Å²) in [6, 6.07) is 5.20. The van der Waals surface area contributed by atoms with Crippen LogP contribution in [0.2, 0.25) is 0 Å². The van der Waals surface area contributed by atoms with Gasteiger partial charge in [0.05, 0.1) is 6.54 Å². The van der Waals surface area contributed by atoms with E-state index in [0.717, 1.165) is 17.5 Å². The third-order valence-corrected chi connectivity index (χ3v) is 3.49. The molecule has 0 aliphatic heterocycles. The molecule has 21 heavy (non-hydrogen) atoms. The average molecular weight is 291 g/mol. The highest BCUT2D eigenvalue weighted by molar-refractivity contribution is 6.02. The minimum absolute atomic E-state index is 0.112. The van der Waals surface area contributed by atoms with Crippen molar-refractivity contribution in [3.05, 3.63) is 29.3 Å². The summed E-state index contributed by atoms with van der Waals surface area (Å²) in [6.07, 6.45) is 0.898. The Kier molecular flexibility index (Phi) is 5.90. The molecule has 0 bridgehead atoms. The molecule has 0 heterocycles. The van der Waals surface area contributed by atoms with Crippen LogP contribution in [0.3, 0.4) is 0 Å². The van der Waals surface area contributed by atoms with Gasteiger partial charge in [-0.2, -0.15) is 0 Å². The zero-order valence-corrected chi connectivity index (χ0v) is 13.5. The molecular formula is C16H25N3O2. The molecule has 0 unspecified atom stereocenters. The number of imide groups is 1. The van der Waals surface area contributed by atoms with E-state index >= 15 is 0 Å². The Balaban J connectivity index is 2.48. The van der Waals surface area contributed by atoms with Crippen molar-refractivity contribution in [2.24, 2.45) is 0 Å². The predicted molar refractivity (Wildman–Crippen MR) is 85.5 cm³/mol. The molecule has 3 amide bonds. The Morgan fingerprint density at radius 2 is 1.86 bits per heavy atom. The normalized spacial score (nSPS) is 11.1. The third kappa shape index (κ3) is 5.95. The number of benzene rings is 1. The Morgan fingerprint density at radius 1 is 1.19 bits per heavy atom. The summed E-state index contributed by atoms with van der Waals surface area (Å²) >= 11 is 0. The molecule has 0 saturated heterocycles. The van der Waals surface area contributed by atoms with E-state index in [2.05, 4.69) is 16.0 Å². The van der Waals surface area contributed by atoms with E-state index in [0.29, 0.717) is 5.69 Å². The molecule has 0 spiro atoms. The minimum Gasteiger partial charge on any atom is -0.307 e. The SMILES string of the molecule is CCC(C)(C)NCC(=O)NC(=O)Nc1ccc(C)cc1C. The molecule has 0 fully saturated rings. The second-order valence-electron chi connectivity index (χ2n) is 5.91. The van der Waals surface area contributed by atoms with Crippen LogP contribution in [0.4, 0.5) is 10.5 Å². The molecule has 1 aromatic carbocycles. The summed E-state index contributed by atoms with van der Waals surface area (Å²) in [4.78, 5) is 23.5. The number of anilines is 1. The van der Waals surface area contributed by atoms with E-state index in [-0.39, 0.29) is 18.0 Å². The zero-order chi connectivity index (χ0) is 16.0. The van der Waals surface area contributed by atoms with E-state index in [1.54, 1.807) is 0 Å². The summed E-state index contributed by atoms with van der Waals surface area (Å²) in [5.74, 6) is -0.348. The fourth-order valence-corrected chi connectivity index (χ4v) is 1.72. The van der Waals surface area contributed by atoms with Gasteiger partial charge < -0.3 is 10.6 Å². The number of hydrogen-bond donors (Lipinski definition) is 3. The minimum atomic E-state index is -0.511.